The van der Waals surface area contributed by atoms with Crippen molar-refractivity contribution in [2.45, 2.75) is 13.1 Å². The molecule has 0 unspecified atom stereocenters. The summed E-state index contributed by atoms with van der Waals surface area (Å²) in [5, 5.41) is 9.94. The molecule has 4 aromatic rings. The number of piperazine rings is 1. The highest BCUT2D eigenvalue weighted by Gasteiger charge is 2.20. The zero-order valence-electron chi connectivity index (χ0n) is 18.4. The van der Waals surface area contributed by atoms with E-state index in [4.69, 9.17) is 5.21 Å². The summed E-state index contributed by atoms with van der Waals surface area (Å²) in [5.74, 6) is -0.511. The molecular formula is C26H27N5O2. The zero-order valence-corrected chi connectivity index (χ0v) is 18.4. The van der Waals surface area contributed by atoms with Gasteiger partial charge in [-0.2, -0.15) is 0 Å². The predicted molar refractivity (Wildman–Crippen MR) is 128 cm³/mol. The number of hydrogen-bond donors (Lipinski definition) is 2. The fraction of sp³-hybridized carbons (Fsp3) is 0.231. The van der Waals surface area contributed by atoms with Crippen LogP contribution in [0, 0.1) is 0 Å². The molecule has 2 N–H and O–H groups in total. The van der Waals surface area contributed by atoms with Crippen LogP contribution in [0.15, 0.2) is 79.1 Å². The van der Waals surface area contributed by atoms with Gasteiger partial charge in [-0.3, -0.25) is 14.9 Å². The largest absolute Gasteiger partial charge is 0.368 e. The van der Waals surface area contributed by atoms with Gasteiger partial charge >= 0.3 is 0 Å². The van der Waals surface area contributed by atoms with Crippen LogP contribution >= 0.6 is 0 Å². The van der Waals surface area contributed by atoms with E-state index in [1.807, 2.05) is 18.3 Å². The van der Waals surface area contributed by atoms with Gasteiger partial charge in [-0.25, -0.2) is 10.5 Å². The summed E-state index contributed by atoms with van der Waals surface area (Å²) in [7, 11) is 0. The number of carbonyl (C=O) groups excluding carboxylic acids is 1. The third-order valence-corrected chi connectivity index (χ3v) is 6.27. The van der Waals surface area contributed by atoms with E-state index in [0.29, 0.717) is 12.1 Å². The molecule has 168 valence electrons. The van der Waals surface area contributed by atoms with Gasteiger partial charge < -0.3 is 9.47 Å². The lowest BCUT2D eigenvalue weighted by molar-refractivity contribution is 0.0706. The summed E-state index contributed by atoms with van der Waals surface area (Å²) in [4.78, 5) is 21.2. The monoisotopic (exact) mass is 441 g/mol. The van der Waals surface area contributed by atoms with Gasteiger partial charge in [-0.1, -0.05) is 42.5 Å². The summed E-state index contributed by atoms with van der Waals surface area (Å²) < 4.78 is 2.13. The Morgan fingerprint density at radius 3 is 2.33 bits per heavy atom. The molecule has 0 aliphatic carbocycles. The molecule has 3 heterocycles. The topological polar surface area (TPSA) is 73.6 Å². The fourth-order valence-electron chi connectivity index (χ4n) is 4.49. The number of rotatable bonds is 6. The number of pyridine rings is 1. The molecule has 1 aliphatic heterocycles. The second-order valence-electron chi connectivity index (χ2n) is 8.40. The molecule has 0 bridgehead atoms. The molecule has 5 rings (SSSR count). The molecule has 7 nitrogen and oxygen atoms in total. The number of hydroxylamine groups is 1. The summed E-state index contributed by atoms with van der Waals surface area (Å²) in [6, 6.07) is 22.1. The molecule has 0 saturated carbocycles. The minimum atomic E-state index is -0.511. The van der Waals surface area contributed by atoms with Crippen molar-refractivity contribution in [3.8, 4) is 0 Å². The molecule has 1 fully saturated rings. The van der Waals surface area contributed by atoms with Crippen molar-refractivity contribution in [3.63, 3.8) is 0 Å². The Kier molecular flexibility index (Phi) is 6.06. The van der Waals surface area contributed by atoms with E-state index in [2.05, 4.69) is 68.0 Å². The van der Waals surface area contributed by atoms with E-state index in [1.54, 1.807) is 17.6 Å². The van der Waals surface area contributed by atoms with E-state index in [-0.39, 0.29) is 0 Å². The third-order valence-electron chi connectivity index (χ3n) is 6.27. The number of benzene rings is 2. The van der Waals surface area contributed by atoms with E-state index in [9.17, 15) is 4.79 Å². The minimum Gasteiger partial charge on any atom is -0.368 e. The van der Waals surface area contributed by atoms with Crippen LogP contribution < -0.4 is 10.4 Å². The Hall–Kier alpha value is -3.68. The number of nitrogens with one attached hydrogen (secondary N) is 1. The molecule has 1 amide bonds. The maximum Gasteiger partial charge on any atom is 0.274 e. The van der Waals surface area contributed by atoms with E-state index in [1.165, 1.54) is 11.3 Å². The van der Waals surface area contributed by atoms with Crippen molar-refractivity contribution in [1.29, 1.82) is 0 Å². The van der Waals surface area contributed by atoms with Crippen LogP contribution in [0.2, 0.25) is 0 Å². The molecule has 2 aromatic heterocycles. The summed E-state index contributed by atoms with van der Waals surface area (Å²) in [6.45, 7) is 5.71. The van der Waals surface area contributed by atoms with Crippen LogP contribution in [-0.2, 0) is 13.1 Å². The Labute approximate surface area is 192 Å². The first-order valence-corrected chi connectivity index (χ1v) is 11.2. The van der Waals surface area contributed by atoms with Gasteiger partial charge in [0.25, 0.3) is 5.91 Å². The average Bonchev–Trinajstić information content (AvgIpc) is 3.28. The molecule has 33 heavy (non-hydrogen) atoms. The van der Waals surface area contributed by atoms with Crippen molar-refractivity contribution in [2.24, 2.45) is 0 Å². The van der Waals surface area contributed by atoms with Crippen LogP contribution in [0.4, 0.5) is 5.69 Å². The molecule has 0 radical (unpaired) electrons. The molecule has 0 spiro atoms. The molecule has 0 atom stereocenters. The maximum absolute atomic E-state index is 11.5. The van der Waals surface area contributed by atoms with Gasteiger partial charge in [-0.15, -0.1) is 0 Å². The second kappa shape index (κ2) is 9.44. The van der Waals surface area contributed by atoms with Crippen LogP contribution in [0.25, 0.3) is 11.0 Å². The smallest absolute Gasteiger partial charge is 0.274 e. The summed E-state index contributed by atoms with van der Waals surface area (Å²) in [5.41, 5.74) is 6.69. The van der Waals surface area contributed by atoms with Crippen LogP contribution in [0.5, 0.6) is 0 Å². The summed E-state index contributed by atoms with van der Waals surface area (Å²) >= 11 is 0. The molecule has 7 heteroatoms. The Morgan fingerprint density at radius 2 is 1.61 bits per heavy atom. The number of aromatic nitrogens is 2. The van der Waals surface area contributed by atoms with Crippen LogP contribution in [0.1, 0.15) is 21.5 Å². The first-order chi connectivity index (χ1) is 16.2. The number of anilines is 1. The lowest BCUT2D eigenvalue weighted by Crippen LogP contribution is -2.46. The Balaban J connectivity index is 1.28. The van der Waals surface area contributed by atoms with Gasteiger partial charge in [0.15, 0.2) is 0 Å². The van der Waals surface area contributed by atoms with E-state index >= 15 is 0 Å². The van der Waals surface area contributed by atoms with Crippen LogP contribution in [-0.4, -0.2) is 51.7 Å². The normalized spacial score (nSPS) is 14.5. The van der Waals surface area contributed by atoms with Crippen LogP contribution in [0.3, 0.4) is 0 Å². The van der Waals surface area contributed by atoms with Crippen molar-refractivity contribution < 1.29 is 10.0 Å². The lowest BCUT2D eigenvalue weighted by atomic mass is 10.1. The van der Waals surface area contributed by atoms with Crippen molar-refractivity contribution in [3.05, 3.63) is 95.8 Å². The van der Waals surface area contributed by atoms with Crippen molar-refractivity contribution in [2.75, 3.05) is 31.1 Å². The highest BCUT2D eigenvalue weighted by Crippen LogP contribution is 2.28. The first kappa shape index (κ1) is 21.2. The van der Waals surface area contributed by atoms with E-state index in [0.717, 1.165) is 49.3 Å². The Bertz CT molecular complexity index is 1230. The molecular weight excluding hydrogens is 414 g/mol. The molecule has 1 saturated heterocycles. The third kappa shape index (κ3) is 4.60. The second-order valence-corrected chi connectivity index (χ2v) is 8.40. The first-order valence-electron chi connectivity index (χ1n) is 11.2. The highest BCUT2D eigenvalue weighted by molar-refractivity contribution is 5.93. The fourth-order valence-corrected chi connectivity index (χ4v) is 4.49. The number of nitrogens with zero attached hydrogens (tertiary/aromatic N) is 4. The number of fused-ring (bicyclic) bond motifs is 1. The standard InChI is InChI=1S/C26H27N5O2/c32-26(28-33)22-8-6-21(7-9-22)19-31-13-11-23-24(10-12-27-25(23)31)30-16-14-29(15-17-30)18-20-4-2-1-3-5-20/h1-13,33H,14-19H2,(H,28,32). The number of carbonyl (C=O) groups is 1. The Morgan fingerprint density at radius 1 is 0.879 bits per heavy atom. The predicted octanol–water partition coefficient (Wildman–Crippen LogP) is 3.53. The number of hydrogen-bond acceptors (Lipinski definition) is 5. The van der Waals surface area contributed by atoms with Gasteiger partial charge in [0.2, 0.25) is 0 Å². The molecule has 1 aliphatic rings. The summed E-state index contributed by atoms with van der Waals surface area (Å²) in [6.07, 6.45) is 3.96. The van der Waals surface area contributed by atoms with Gasteiger partial charge in [-0.05, 0) is 35.4 Å². The van der Waals surface area contributed by atoms with Gasteiger partial charge in [0.1, 0.15) is 5.65 Å². The lowest BCUT2D eigenvalue weighted by Gasteiger charge is -2.36. The van der Waals surface area contributed by atoms with Gasteiger partial charge in [0.05, 0.1) is 0 Å². The van der Waals surface area contributed by atoms with Crippen molar-refractivity contribution >= 4 is 22.6 Å². The number of amides is 1. The zero-order chi connectivity index (χ0) is 22.6. The van der Waals surface area contributed by atoms with Gasteiger partial charge in [0, 0.05) is 68.3 Å². The minimum absolute atomic E-state index is 0.422. The van der Waals surface area contributed by atoms with Crippen molar-refractivity contribution in [1.82, 2.24) is 19.9 Å². The quantitative estimate of drug-likeness (QED) is 0.354. The molecule has 2 aromatic carbocycles. The SMILES string of the molecule is O=C(NO)c1ccc(Cn2ccc3c(N4CCN(Cc5ccccc5)CC4)ccnc32)cc1. The van der Waals surface area contributed by atoms with E-state index < -0.39 is 5.91 Å². The highest BCUT2D eigenvalue weighted by atomic mass is 16.5. The average molecular weight is 442 g/mol. The maximum atomic E-state index is 11.5.